The Labute approximate surface area is 117 Å². The maximum absolute atomic E-state index is 11.5. The fraction of sp³-hybridized carbons (Fsp3) is 0.938. The van der Waals surface area contributed by atoms with Gasteiger partial charge in [-0.15, -0.1) is 0 Å². The standard InChI is InChI=1S/C16H29NO2/c1-15(2,3)14-4-8-17(9-5-14)12-16(13-18)6-10-19-11-7-16/h13-14H,4-12H2,1-3H3. The molecule has 2 rings (SSSR count). The smallest absolute Gasteiger partial charge is 0.127 e. The van der Waals surface area contributed by atoms with Crippen molar-refractivity contribution in [1.29, 1.82) is 0 Å². The number of carbonyl (C=O) groups is 1. The van der Waals surface area contributed by atoms with Gasteiger partial charge in [-0.3, -0.25) is 0 Å². The van der Waals surface area contributed by atoms with Gasteiger partial charge in [-0.25, -0.2) is 0 Å². The highest BCUT2D eigenvalue weighted by atomic mass is 16.5. The van der Waals surface area contributed by atoms with Gasteiger partial charge in [0.05, 0.1) is 0 Å². The second-order valence-corrected chi connectivity index (χ2v) is 7.51. The minimum absolute atomic E-state index is 0.132. The molecule has 2 saturated heterocycles. The van der Waals surface area contributed by atoms with Crippen molar-refractivity contribution in [3.63, 3.8) is 0 Å². The second-order valence-electron chi connectivity index (χ2n) is 7.51. The Kier molecular flexibility index (Phi) is 4.67. The average molecular weight is 267 g/mol. The molecule has 0 bridgehead atoms. The zero-order valence-electron chi connectivity index (χ0n) is 12.8. The Balaban J connectivity index is 1.86. The summed E-state index contributed by atoms with van der Waals surface area (Å²) in [7, 11) is 0. The van der Waals surface area contributed by atoms with E-state index in [1.807, 2.05) is 0 Å². The van der Waals surface area contributed by atoms with Crippen LogP contribution in [-0.2, 0) is 9.53 Å². The molecule has 110 valence electrons. The van der Waals surface area contributed by atoms with Crippen LogP contribution in [0, 0.1) is 16.7 Å². The van der Waals surface area contributed by atoms with Crippen molar-refractivity contribution in [2.75, 3.05) is 32.8 Å². The van der Waals surface area contributed by atoms with Gasteiger partial charge in [0, 0.05) is 25.2 Å². The number of nitrogens with zero attached hydrogens (tertiary/aromatic N) is 1. The molecule has 0 aliphatic carbocycles. The van der Waals surface area contributed by atoms with Crippen molar-refractivity contribution in [3.8, 4) is 0 Å². The number of rotatable bonds is 3. The third kappa shape index (κ3) is 3.79. The molecule has 2 heterocycles. The molecule has 0 aromatic rings. The van der Waals surface area contributed by atoms with Gasteiger partial charge < -0.3 is 14.4 Å². The summed E-state index contributed by atoms with van der Waals surface area (Å²) in [5, 5.41) is 0. The number of piperidine rings is 1. The van der Waals surface area contributed by atoms with Crippen molar-refractivity contribution in [3.05, 3.63) is 0 Å². The van der Waals surface area contributed by atoms with Crippen LogP contribution in [-0.4, -0.2) is 44.0 Å². The van der Waals surface area contributed by atoms with Crippen LogP contribution < -0.4 is 0 Å². The van der Waals surface area contributed by atoms with Crippen LogP contribution in [0.3, 0.4) is 0 Å². The lowest BCUT2D eigenvalue weighted by atomic mass is 9.74. The highest BCUT2D eigenvalue weighted by Crippen LogP contribution is 2.36. The topological polar surface area (TPSA) is 29.5 Å². The van der Waals surface area contributed by atoms with Crippen molar-refractivity contribution in [2.45, 2.75) is 46.5 Å². The van der Waals surface area contributed by atoms with Crippen molar-refractivity contribution in [1.82, 2.24) is 4.90 Å². The third-order valence-corrected chi connectivity index (χ3v) is 5.09. The summed E-state index contributed by atoms with van der Waals surface area (Å²) in [6.07, 6.45) is 5.54. The van der Waals surface area contributed by atoms with Crippen LogP contribution in [0.2, 0.25) is 0 Å². The normalized spacial score (nSPS) is 26.3. The number of aldehydes is 1. The summed E-state index contributed by atoms with van der Waals surface area (Å²) < 4.78 is 5.40. The van der Waals surface area contributed by atoms with Crippen LogP contribution >= 0.6 is 0 Å². The summed E-state index contributed by atoms with van der Waals surface area (Å²) in [4.78, 5) is 14.0. The van der Waals surface area contributed by atoms with Gasteiger partial charge in [-0.1, -0.05) is 20.8 Å². The summed E-state index contributed by atoms with van der Waals surface area (Å²) in [6.45, 7) is 11.8. The molecule has 19 heavy (non-hydrogen) atoms. The lowest BCUT2D eigenvalue weighted by Crippen LogP contribution is -2.46. The quantitative estimate of drug-likeness (QED) is 0.736. The molecule has 0 aromatic heterocycles. The fourth-order valence-electron chi connectivity index (χ4n) is 3.49. The van der Waals surface area contributed by atoms with E-state index in [1.54, 1.807) is 0 Å². The maximum Gasteiger partial charge on any atom is 0.127 e. The minimum atomic E-state index is -0.132. The van der Waals surface area contributed by atoms with Gasteiger partial charge in [0.1, 0.15) is 6.29 Å². The molecule has 0 radical (unpaired) electrons. The Bertz CT molecular complexity index is 294. The van der Waals surface area contributed by atoms with Crippen molar-refractivity contribution < 1.29 is 9.53 Å². The highest BCUT2D eigenvalue weighted by molar-refractivity contribution is 5.60. The van der Waals surface area contributed by atoms with E-state index in [4.69, 9.17) is 4.74 Å². The molecule has 0 atom stereocenters. The van der Waals surface area contributed by atoms with E-state index in [9.17, 15) is 4.79 Å². The first-order valence-corrected chi connectivity index (χ1v) is 7.72. The predicted molar refractivity (Wildman–Crippen MR) is 77.2 cm³/mol. The van der Waals surface area contributed by atoms with Crippen LogP contribution in [0.5, 0.6) is 0 Å². The number of hydrogen-bond acceptors (Lipinski definition) is 3. The summed E-state index contributed by atoms with van der Waals surface area (Å²) in [5.41, 5.74) is 0.292. The molecule has 0 unspecified atom stereocenters. The largest absolute Gasteiger partial charge is 0.381 e. The molecule has 0 saturated carbocycles. The number of ether oxygens (including phenoxy) is 1. The molecule has 3 heteroatoms. The highest BCUT2D eigenvalue weighted by Gasteiger charge is 2.36. The molecule has 3 nitrogen and oxygen atoms in total. The maximum atomic E-state index is 11.5. The van der Waals surface area contributed by atoms with E-state index >= 15 is 0 Å². The SMILES string of the molecule is CC(C)(C)C1CCN(CC2(C=O)CCOCC2)CC1. The number of carbonyl (C=O) groups excluding carboxylic acids is 1. The third-order valence-electron chi connectivity index (χ3n) is 5.09. The zero-order chi connectivity index (χ0) is 13.9. The van der Waals surface area contributed by atoms with Crippen LogP contribution in [0.4, 0.5) is 0 Å². The monoisotopic (exact) mass is 267 g/mol. The van der Waals surface area contributed by atoms with Crippen molar-refractivity contribution >= 4 is 6.29 Å². The second kappa shape index (κ2) is 5.92. The van der Waals surface area contributed by atoms with E-state index in [0.717, 1.165) is 51.6 Å². The average Bonchev–Trinajstić information content (AvgIpc) is 2.39. The zero-order valence-corrected chi connectivity index (χ0v) is 12.8. The molecule has 0 amide bonds. The molecule has 2 aliphatic heterocycles. The van der Waals surface area contributed by atoms with Gasteiger partial charge >= 0.3 is 0 Å². The van der Waals surface area contributed by atoms with Gasteiger partial charge in [0.2, 0.25) is 0 Å². The first kappa shape index (κ1) is 15.0. The number of likely N-dealkylation sites (tertiary alicyclic amines) is 1. The van der Waals surface area contributed by atoms with Gasteiger partial charge in [-0.05, 0) is 50.1 Å². The lowest BCUT2D eigenvalue weighted by molar-refractivity contribution is -0.123. The predicted octanol–water partition coefficient (Wildman–Crippen LogP) is 2.74. The van der Waals surface area contributed by atoms with Crippen LogP contribution in [0.1, 0.15) is 46.5 Å². The van der Waals surface area contributed by atoms with Crippen LogP contribution in [0.25, 0.3) is 0 Å². The van der Waals surface area contributed by atoms with E-state index in [1.165, 1.54) is 19.1 Å². The van der Waals surface area contributed by atoms with E-state index in [0.29, 0.717) is 5.41 Å². The fourth-order valence-corrected chi connectivity index (χ4v) is 3.49. The summed E-state index contributed by atoms with van der Waals surface area (Å²) in [6, 6.07) is 0. The minimum Gasteiger partial charge on any atom is -0.381 e. The molecule has 2 fully saturated rings. The summed E-state index contributed by atoms with van der Waals surface area (Å²) in [5.74, 6) is 0.825. The molecule has 0 aromatic carbocycles. The Morgan fingerprint density at radius 1 is 1.21 bits per heavy atom. The van der Waals surface area contributed by atoms with E-state index in [-0.39, 0.29) is 5.41 Å². The first-order valence-electron chi connectivity index (χ1n) is 7.72. The Morgan fingerprint density at radius 2 is 1.79 bits per heavy atom. The molecular weight excluding hydrogens is 238 g/mol. The Morgan fingerprint density at radius 3 is 2.26 bits per heavy atom. The molecule has 0 N–H and O–H groups in total. The van der Waals surface area contributed by atoms with Gasteiger partial charge in [0.15, 0.2) is 0 Å². The number of hydrogen-bond donors (Lipinski definition) is 0. The van der Waals surface area contributed by atoms with E-state index in [2.05, 4.69) is 25.7 Å². The molecule has 2 aliphatic rings. The summed E-state index contributed by atoms with van der Waals surface area (Å²) >= 11 is 0. The molecular formula is C16H29NO2. The van der Waals surface area contributed by atoms with Crippen molar-refractivity contribution in [2.24, 2.45) is 16.7 Å². The Hall–Kier alpha value is -0.410. The van der Waals surface area contributed by atoms with Gasteiger partial charge in [-0.2, -0.15) is 0 Å². The molecule has 0 spiro atoms. The van der Waals surface area contributed by atoms with Gasteiger partial charge in [0.25, 0.3) is 0 Å². The first-order chi connectivity index (χ1) is 8.95. The van der Waals surface area contributed by atoms with E-state index < -0.39 is 0 Å². The van der Waals surface area contributed by atoms with Crippen LogP contribution in [0.15, 0.2) is 0 Å². The lowest BCUT2D eigenvalue weighted by Gasteiger charge is -2.42.